The van der Waals surface area contributed by atoms with Crippen LogP contribution in [-0.4, -0.2) is 50.8 Å². The molecular formula is C16H24ClFN2O3. The second-order valence-corrected chi connectivity index (χ2v) is 5.63. The van der Waals surface area contributed by atoms with E-state index in [1.165, 1.54) is 12.1 Å². The van der Waals surface area contributed by atoms with Gasteiger partial charge in [0.2, 0.25) is 5.91 Å². The van der Waals surface area contributed by atoms with Crippen LogP contribution in [0, 0.1) is 11.2 Å². The van der Waals surface area contributed by atoms with E-state index in [0.717, 1.165) is 0 Å². The molecule has 1 aliphatic rings. The first-order valence-electron chi connectivity index (χ1n) is 7.49. The molecule has 2 N–H and O–H groups in total. The average Bonchev–Trinajstić information content (AvgIpc) is 2.56. The van der Waals surface area contributed by atoms with E-state index >= 15 is 0 Å². The first-order valence-corrected chi connectivity index (χ1v) is 7.49. The molecule has 1 amide bonds. The maximum absolute atomic E-state index is 12.8. The number of nitrogens with two attached hydrogens (primary N) is 1. The van der Waals surface area contributed by atoms with Crippen LogP contribution in [-0.2, 0) is 9.53 Å². The molecule has 0 atom stereocenters. The molecule has 0 aliphatic carbocycles. The number of rotatable bonds is 6. The zero-order chi connectivity index (χ0) is 16.0. The Kier molecular flexibility index (Phi) is 7.75. The van der Waals surface area contributed by atoms with Crippen LogP contribution in [0.25, 0.3) is 0 Å². The summed E-state index contributed by atoms with van der Waals surface area (Å²) in [5, 5.41) is 0. The van der Waals surface area contributed by atoms with Gasteiger partial charge in [0.15, 0.2) is 0 Å². The highest BCUT2D eigenvalue weighted by Crippen LogP contribution is 2.31. The van der Waals surface area contributed by atoms with Crippen molar-refractivity contribution in [2.24, 2.45) is 11.1 Å². The lowest BCUT2D eigenvalue weighted by Gasteiger charge is -2.37. The second-order valence-electron chi connectivity index (χ2n) is 5.63. The lowest BCUT2D eigenvalue weighted by atomic mass is 9.79. The number of hydrogen-bond donors (Lipinski definition) is 1. The van der Waals surface area contributed by atoms with Gasteiger partial charge in [-0.2, -0.15) is 0 Å². The summed E-state index contributed by atoms with van der Waals surface area (Å²) in [6.07, 6.45) is 1.32. The summed E-state index contributed by atoms with van der Waals surface area (Å²) >= 11 is 0. The monoisotopic (exact) mass is 346 g/mol. The summed E-state index contributed by atoms with van der Waals surface area (Å²) < 4.78 is 23.6. The van der Waals surface area contributed by atoms with E-state index < -0.39 is 5.41 Å². The fourth-order valence-electron chi connectivity index (χ4n) is 2.61. The second kappa shape index (κ2) is 9.05. The molecule has 1 saturated heterocycles. The summed E-state index contributed by atoms with van der Waals surface area (Å²) in [6, 6.07) is 5.82. The third kappa shape index (κ3) is 5.06. The van der Waals surface area contributed by atoms with Crippen LogP contribution in [0.5, 0.6) is 5.75 Å². The number of likely N-dealkylation sites (N-methyl/N-ethyl adjacent to an activating group) is 1. The zero-order valence-electron chi connectivity index (χ0n) is 13.3. The summed E-state index contributed by atoms with van der Waals surface area (Å²) in [7, 11) is 1.75. The Morgan fingerprint density at radius 2 is 1.96 bits per heavy atom. The molecule has 23 heavy (non-hydrogen) atoms. The van der Waals surface area contributed by atoms with Crippen molar-refractivity contribution in [2.75, 3.05) is 40.0 Å². The normalized spacial score (nSPS) is 16.3. The van der Waals surface area contributed by atoms with Crippen LogP contribution in [0.15, 0.2) is 24.3 Å². The lowest BCUT2D eigenvalue weighted by Crippen LogP contribution is -2.50. The first-order chi connectivity index (χ1) is 10.6. The Labute approximate surface area is 142 Å². The molecular weight excluding hydrogens is 323 g/mol. The molecule has 1 heterocycles. The molecule has 5 nitrogen and oxygen atoms in total. The van der Waals surface area contributed by atoms with Crippen LogP contribution in [0.4, 0.5) is 4.39 Å². The molecule has 0 spiro atoms. The quantitative estimate of drug-likeness (QED) is 0.853. The molecule has 1 fully saturated rings. The molecule has 1 aromatic carbocycles. The molecule has 0 saturated carbocycles. The standard InChI is InChI=1S/C16H23FN2O3.ClH/c1-19(8-11-22-14-4-2-13(17)3-5-14)15(20)16(12-18)6-9-21-10-7-16;/h2-5H,6-12,18H2,1H3;1H. The minimum Gasteiger partial charge on any atom is -0.492 e. The Hall–Kier alpha value is -1.37. The number of ether oxygens (including phenoxy) is 2. The van der Waals surface area contributed by atoms with E-state index in [0.29, 0.717) is 51.5 Å². The third-order valence-corrected chi connectivity index (χ3v) is 4.15. The highest BCUT2D eigenvalue weighted by atomic mass is 35.5. The summed E-state index contributed by atoms with van der Waals surface area (Å²) in [5.74, 6) is 0.326. The predicted octanol–water partition coefficient (Wildman–Crippen LogP) is 1.84. The lowest BCUT2D eigenvalue weighted by molar-refractivity contribution is -0.146. The van der Waals surface area contributed by atoms with Crippen LogP contribution in [0.3, 0.4) is 0 Å². The van der Waals surface area contributed by atoms with Gasteiger partial charge in [0.25, 0.3) is 0 Å². The molecule has 0 aromatic heterocycles. The van der Waals surface area contributed by atoms with Crippen LogP contribution in [0.2, 0.25) is 0 Å². The Morgan fingerprint density at radius 3 is 2.52 bits per heavy atom. The molecule has 0 unspecified atom stereocenters. The Bertz CT molecular complexity index is 493. The van der Waals surface area contributed by atoms with Gasteiger partial charge in [-0.1, -0.05) is 0 Å². The van der Waals surface area contributed by atoms with E-state index in [4.69, 9.17) is 15.2 Å². The van der Waals surface area contributed by atoms with Gasteiger partial charge in [-0.15, -0.1) is 12.4 Å². The third-order valence-electron chi connectivity index (χ3n) is 4.15. The van der Waals surface area contributed by atoms with Gasteiger partial charge in [0.1, 0.15) is 18.2 Å². The summed E-state index contributed by atoms with van der Waals surface area (Å²) in [5.41, 5.74) is 5.33. The van der Waals surface area contributed by atoms with Gasteiger partial charge in [-0.25, -0.2) is 4.39 Å². The maximum Gasteiger partial charge on any atom is 0.230 e. The summed E-state index contributed by atoms with van der Waals surface area (Å²) in [6.45, 7) is 2.29. The van der Waals surface area contributed by atoms with Crippen molar-refractivity contribution >= 4 is 18.3 Å². The fourth-order valence-corrected chi connectivity index (χ4v) is 2.61. The topological polar surface area (TPSA) is 64.8 Å². The fraction of sp³-hybridized carbons (Fsp3) is 0.562. The average molecular weight is 347 g/mol. The van der Waals surface area contributed by atoms with E-state index in [1.54, 1.807) is 24.1 Å². The minimum atomic E-state index is -0.511. The van der Waals surface area contributed by atoms with E-state index in [2.05, 4.69) is 0 Å². The Balaban J connectivity index is 0.00000264. The number of amides is 1. The molecule has 130 valence electrons. The number of halogens is 2. The van der Waals surface area contributed by atoms with Crippen LogP contribution in [0.1, 0.15) is 12.8 Å². The molecule has 0 bridgehead atoms. The molecule has 2 rings (SSSR count). The van der Waals surface area contributed by atoms with Gasteiger partial charge in [0, 0.05) is 26.8 Å². The van der Waals surface area contributed by atoms with Gasteiger partial charge in [0.05, 0.1) is 12.0 Å². The van der Waals surface area contributed by atoms with Crippen molar-refractivity contribution in [1.29, 1.82) is 0 Å². The van der Waals surface area contributed by atoms with Crippen molar-refractivity contribution in [3.05, 3.63) is 30.1 Å². The minimum absolute atomic E-state index is 0. The van der Waals surface area contributed by atoms with Crippen LogP contribution < -0.4 is 10.5 Å². The maximum atomic E-state index is 12.8. The first kappa shape index (κ1) is 19.7. The number of nitrogens with zero attached hydrogens (tertiary/aromatic N) is 1. The van der Waals surface area contributed by atoms with Gasteiger partial charge >= 0.3 is 0 Å². The molecule has 1 aliphatic heterocycles. The van der Waals surface area contributed by atoms with E-state index in [-0.39, 0.29) is 24.1 Å². The molecule has 1 aromatic rings. The van der Waals surface area contributed by atoms with Gasteiger partial charge in [-0.3, -0.25) is 4.79 Å². The number of carbonyl (C=O) groups excluding carboxylic acids is 1. The number of hydrogen-bond acceptors (Lipinski definition) is 4. The Morgan fingerprint density at radius 1 is 1.35 bits per heavy atom. The highest BCUT2D eigenvalue weighted by molar-refractivity contribution is 5.85. The smallest absolute Gasteiger partial charge is 0.230 e. The highest BCUT2D eigenvalue weighted by Gasteiger charge is 2.40. The van der Waals surface area contributed by atoms with Gasteiger partial charge < -0.3 is 20.1 Å². The zero-order valence-corrected chi connectivity index (χ0v) is 14.1. The number of benzene rings is 1. The van der Waals surface area contributed by atoms with Crippen LogP contribution >= 0.6 is 12.4 Å². The SMILES string of the molecule is CN(CCOc1ccc(F)cc1)C(=O)C1(CN)CCOCC1.Cl. The predicted molar refractivity (Wildman–Crippen MR) is 88.3 cm³/mol. The number of carbonyl (C=O) groups is 1. The van der Waals surface area contributed by atoms with Crippen molar-refractivity contribution in [3.63, 3.8) is 0 Å². The van der Waals surface area contributed by atoms with Gasteiger partial charge in [-0.05, 0) is 37.1 Å². The van der Waals surface area contributed by atoms with E-state index in [9.17, 15) is 9.18 Å². The summed E-state index contributed by atoms with van der Waals surface area (Å²) in [4.78, 5) is 14.3. The molecule has 0 radical (unpaired) electrons. The van der Waals surface area contributed by atoms with Crippen molar-refractivity contribution in [3.8, 4) is 5.75 Å². The van der Waals surface area contributed by atoms with E-state index in [1.807, 2.05) is 0 Å². The van der Waals surface area contributed by atoms with Crippen molar-refractivity contribution < 1.29 is 18.7 Å². The van der Waals surface area contributed by atoms with Crippen molar-refractivity contribution in [1.82, 2.24) is 4.90 Å². The molecule has 7 heteroatoms. The van der Waals surface area contributed by atoms with Crippen molar-refractivity contribution in [2.45, 2.75) is 12.8 Å². The largest absolute Gasteiger partial charge is 0.492 e.